The molecule has 0 aromatic carbocycles. The molecule has 2 rings (SSSR count). The molecule has 0 aliphatic heterocycles. The van der Waals surface area contributed by atoms with Crippen LogP contribution in [-0.2, 0) is 6.42 Å². The van der Waals surface area contributed by atoms with Crippen molar-refractivity contribution in [3.63, 3.8) is 0 Å². The van der Waals surface area contributed by atoms with Crippen LogP contribution >= 0.6 is 0 Å². The number of aromatic nitrogens is 4. The number of nitrogens with zero attached hydrogens (tertiary/aromatic N) is 2. The third-order valence-corrected chi connectivity index (χ3v) is 1.57. The normalized spacial score (nSPS) is 9.08. The lowest BCUT2D eigenvalue weighted by Crippen LogP contribution is -1.73. The fourth-order valence-electron chi connectivity index (χ4n) is 0.803. The van der Waals surface area contributed by atoms with E-state index in [1.165, 1.54) is 5.69 Å². The Bertz CT molecular complexity index is 296. The topological polar surface area (TPSA) is 57.4 Å². The molecule has 2 N–H and O–H groups in total. The van der Waals surface area contributed by atoms with Crippen molar-refractivity contribution >= 4 is 0 Å². The molecule has 0 bridgehead atoms. The molecule has 0 fully saturated rings. The van der Waals surface area contributed by atoms with Crippen LogP contribution in [0, 0.1) is 6.92 Å². The van der Waals surface area contributed by atoms with Crippen LogP contribution in [0.4, 0.5) is 0 Å². The van der Waals surface area contributed by atoms with E-state index in [0.29, 0.717) is 0 Å². The summed E-state index contributed by atoms with van der Waals surface area (Å²) in [5.41, 5.74) is 2.30. The van der Waals surface area contributed by atoms with Crippen molar-refractivity contribution in [1.82, 2.24) is 19.9 Å². The first-order valence-corrected chi connectivity index (χ1v) is 4.25. The van der Waals surface area contributed by atoms with Gasteiger partial charge in [0.15, 0.2) is 0 Å². The summed E-state index contributed by atoms with van der Waals surface area (Å²) in [5.74, 6) is 0. The Labute approximate surface area is 77.4 Å². The Balaban J connectivity index is 0.000000132. The largest absolute Gasteiger partial charge is 0.349 e. The van der Waals surface area contributed by atoms with Crippen molar-refractivity contribution in [1.29, 1.82) is 0 Å². The fourth-order valence-corrected chi connectivity index (χ4v) is 0.803. The third-order valence-electron chi connectivity index (χ3n) is 1.57. The number of aryl methyl sites for hydroxylation is 2. The van der Waals surface area contributed by atoms with Crippen LogP contribution < -0.4 is 0 Å². The zero-order valence-electron chi connectivity index (χ0n) is 7.91. The van der Waals surface area contributed by atoms with E-state index in [9.17, 15) is 0 Å². The van der Waals surface area contributed by atoms with Gasteiger partial charge in [-0.1, -0.05) is 6.92 Å². The number of imidazole rings is 2. The average molecular weight is 178 g/mol. The maximum atomic E-state index is 3.84. The maximum absolute atomic E-state index is 3.84. The second-order valence-electron chi connectivity index (χ2n) is 2.67. The number of rotatable bonds is 1. The lowest BCUT2D eigenvalue weighted by atomic mass is 10.4. The van der Waals surface area contributed by atoms with Gasteiger partial charge in [0, 0.05) is 23.8 Å². The SMILES string of the molecule is CCc1cnc[nH]1.Cc1cnc[nH]1. The molecule has 0 unspecified atom stereocenters. The molecule has 4 heteroatoms. The highest BCUT2D eigenvalue weighted by molar-refractivity contribution is 4.92. The summed E-state index contributed by atoms with van der Waals surface area (Å²) in [6, 6.07) is 0. The monoisotopic (exact) mass is 178 g/mol. The molecule has 0 saturated carbocycles. The molecular weight excluding hydrogens is 164 g/mol. The van der Waals surface area contributed by atoms with Gasteiger partial charge in [-0.2, -0.15) is 0 Å². The Morgan fingerprint density at radius 3 is 2.08 bits per heavy atom. The summed E-state index contributed by atoms with van der Waals surface area (Å²) in [6.07, 6.45) is 8.01. The summed E-state index contributed by atoms with van der Waals surface area (Å²) in [7, 11) is 0. The predicted molar refractivity (Wildman–Crippen MR) is 51.3 cm³/mol. The van der Waals surface area contributed by atoms with E-state index >= 15 is 0 Å². The number of H-pyrrole nitrogens is 2. The quantitative estimate of drug-likeness (QED) is 0.698. The van der Waals surface area contributed by atoms with Crippen LogP contribution in [0.25, 0.3) is 0 Å². The Hall–Kier alpha value is -1.58. The highest BCUT2D eigenvalue weighted by Crippen LogP contribution is 1.88. The summed E-state index contributed by atoms with van der Waals surface area (Å²) in [5, 5.41) is 0. The minimum absolute atomic E-state index is 1.04. The molecular formula is C9H14N4. The fraction of sp³-hybridized carbons (Fsp3) is 0.333. The van der Waals surface area contributed by atoms with Crippen LogP contribution in [0.5, 0.6) is 0 Å². The molecule has 0 amide bonds. The Morgan fingerprint density at radius 1 is 1.15 bits per heavy atom. The van der Waals surface area contributed by atoms with Gasteiger partial charge in [0.2, 0.25) is 0 Å². The van der Waals surface area contributed by atoms with Crippen molar-refractivity contribution < 1.29 is 0 Å². The minimum atomic E-state index is 1.04. The van der Waals surface area contributed by atoms with Crippen LogP contribution in [0.1, 0.15) is 18.3 Å². The minimum Gasteiger partial charge on any atom is -0.349 e. The van der Waals surface area contributed by atoms with Gasteiger partial charge in [-0.3, -0.25) is 0 Å². The first-order valence-electron chi connectivity index (χ1n) is 4.25. The van der Waals surface area contributed by atoms with Crippen molar-refractivity contribution in [2.45, 2.75) is 20.3 Å². The number of aromatic amines is 2. The zero-order chi connectivity index (χ0) is 9.52. The second-order valence-corrected chi connectivity index (χ2v) is 2.67. The van der Waals surface area contributed by atoms with E-state index in [1.807, 2.05) is 13.1 Å². The molecule has 4 nitrogen and oxygen atoms in total. The Kier molecular flexibility index (Phi) is 3.75. The van der Waals surface area contributed by atoms with Crippen LogP contribution in [0.3, 0.4) is 0 Å². The van der Waals surface area contributed by atoms with Gasteiger partial charge in [0.1, 0.15) is 0 Å². The lowest BCUT2D eigenvalue weighted by Gasteiger charge is -1.79. The number of hydrogen-bond donors (Lipinski definition) is 2. The van der Waals surface area contributed by atoms with Gasteiger partial charge < -0.3 is 9.97 Å². The van der Waals surface area contributed by atoms with Gasteiger partial charge in [-0.15, -0.1) is 0 Å². The molecule has 0 atom stereocenters. The van der Waals surface area contributed by atoms with Crippen molar-refractivity contribution in [2.24, 2.45) is 0 Å². The molecule has 2 aromatic heterocycles. The van der Waals surface area contributed by atoms with Crippen molar-refractivity contribution in [3.05, 3.63) is 36.4 Å². The summed E-state index contributed by atoms with van der Waals surface area (Å²) < 4.78 is 0. The standard InChI is InChI=1S/C5H8N2.C4H6N2/c1-2-5-3-6-4-7-5;1-4-2-5-3-6-4/h3-4H,2H2,1H3,(H,6,7);2-3H,1H3,(H,5,6). The molecule has 70 valence electrons. The van der Waals surface area contributed by atoms with Crippen molar-refractivity contribution in [2.75, 3.05) is 0 Å². The number of hydrogen-bond acceptors (Lipinski definition) is 2. The highest BCUT2D eigenvalue weighted by Gasteiger charge is 1.82. The van der Waals surface area contributed by atoms with Crippen LogP contribution in [0.2, 0.25) is 0 Å². The van der Waals surface area contributed by atoms with E-state index < -0.39 is 0 Å². The lowest BCUT2D eigenvalue weighted by molar-refractivity contribution is 1.06. The molecule has 13 heavy (non-hydrogen) atoms. The first-order chi connectivity index (χ1) is 6.33. The second kappa shape index (κ2) is 5.13. The van der Waals surface area contributed by atoms with Gasteiger partial charge in [0.05, 0.1) is 12.7 Å². The van der Waals surface area contributed by atoms with Gasteiger partial charge >= 0.3 is 0 Å². The maximum Gasteiger partial charge on any atom is 0.0921 e. The van der Waals surface area contributed by atoms with Crippen LogP contribution in [0.15, 0.2) is 25.0 Å². The summed E-state index contributed by atoms with van der Waals surface area (Å²) >= 11 is 0. The van der Waals surface area contributed by atoms with E-state index in [-0.39, 0.29) is 0 Å². The van der Waals surface area contributed by atoms with Gasteiger partial charge in [-0.05, 0) is 13.3 Å². The van der Waals surface area contributed by atoms with E-state index in [4.69, 9.17) is 0 Å². The van der Waals surface area contributed by atoms with Crippen molar-refractivity contribution in [3.8, 4) is 0 Å². The molecule has 0 saturated heterocycles. The molecule has 0 aliphatic carbocycles. The van der Waals surface area contributed by atoms with E-state index in [1.54, 1.807) is 18.9 Å². The molecule has 2 aromatic rings. The van der Waals surface area contributed by atoms with E-state index in [2.05, 4.69) is 26.9 Å². The predicted octanol–water partition coefficient (Wildman–Crippen LogP) is 1.69. The number of nitrogens with one attached hydrogen (secondary N) is 2. The molecule has 0 aliphatic rings. The van der Waals surface area contributed by atoms with Crippen LogP contribution in [-0.4, -0.2) is 19.9 Å². The highest BCUT2D eigenvalue weighted by atomic mass is 14.9. The molecule has 0 radical (unpaired) electrons. The molecule has 2 heterocycles. The smallest absolute Gasteiger partial charge is 0.0921 e. The van der Waals surface area contributed by atoms with Gasteiger partial charge in [0.25, 0.3) is 0 Å². The summed E-state index contributed by atoms with van der Waals surface area (Å²) in [6.45, 7) is 4.06. The van der Waals surface area contributed by atoms with Gasteiger partial charge in [-0.25, -0.2) is 9.97 Å². The Morgan fingerprint density at radius 2 is 1.85 bits per heavy atom. The molecule has 0 spiro atoms. The third kappa shape index (κ3) is 3.55. The average Bonchev–Trinajstić information content (AvgIpc) is 2.76. The van der Waals surface area contributed by atoms with E-state index in [0.717, 1.165) is 12.1 Å². The summed E-state index contributed by atoms with van der Waals surface area (Å²) in [4.78, 5) is 13.5. The zero-order valence-corrected chi connectivity index (χ0v) is 7.91. The first kappa shape index (κ1) is 9.51.